The van der Waals surface area contributed by atoms with E-state index in [1.807, 2.05) is 30.3 Å². The van der Waals surface area contributed by atoms with E-state index in [0.29, 0.717) is 16.5 Å². The Morgan fingerprint density at radius 3 is 2.62 bits per heavy atom. The van der Waals surface area contributed by atoms with Crippen LogP contribution < -0.4 is 11.1 Å². The lowest BCUT2D eigenvalue weighted by Crippen LogP contribution is -2.30. The van der Waals surface area contributed by atoms with Crippen molar-refractivity contribution in [3.05, 3.63) is 64.7 Å². The van der Waals surface area contributed by atoms with Gasteiger partial charge < -0.3 is 16.2 Å². The molecule has 0 aliphatic carbocycles. The van der Waals surface area contributed by atoms with Crippen LogP contribution in [0.25, 0.3) is 0 Å². The van der Waals surface area contributed by atoms with Crippen LogP contribution in [-0.2, 0) is 5.60 Å². The molecule has 2 aromatic rings. The number of nitrogens with zero attached hydrogens (tertiary/aromatic N) is 1. The van der Waals surface area contributed by atoms with Crippen LogP contribution in [0, 0.1) is 0 Å². The molecule has 4 N–H and O–H groups in total. The van der Waals surface area contributed by atoms with Crippen molar-refractivity contribution in [2.45, 2.75) is 32.3 Å². The Hall–Kier alpha value is -2.04. The van der Waals surface area contributed by atoms with Crippen molar-refractivity contribution in [1.29, 1.82) is 0 Å². The van der Waals surface area contributed by atoms with Crippen molar-refractivity contribution in [2.24, 2.45) is 10.7 Å². The van der Waals surface area contributed by atoms with E-state index in [2.05, 4.69) is 30.2 Å². The molecule has 1 unspecified atom stereocenters. The van der Waals surface area contributed by atoms with Crippen LogP contribution in [0.1, 0.15) is 37.8 Å². The van der Waals surface area contributed by atoms with Crippen LogP contribution in [0.3, 0.4) is 0 Å². The molecule has 0 aliphatic heterocycles. The van der Waals surface area contributed by atoms with Gasteiger partial charge >= 0.3 is 0 Å². The van der Waals surface area contributed by atoms with E-state index >= 15 is 0 Å². The second-order valence-corrected chi connectivity index (χ2v) is 6.77. The maximum Gasteiger partial charge on any atom is 0.193 e. The monoisotopic (exact) mass is 345 g/mol. The molecule has 128 valence electrons. The summed E-state index contributed by atoms with van der Waals surface area (Å²) in [6.07, 6.45) is 0. The summed E-state index contributed by atoms with van der Waals surface area (Å²) in [6, 6.07) is 15.2. The van der Waals surface area contributed by atoms with E-state index in [4.69, 9.17) is 17.3 Å². The number of benzene rings is 2. The highest BCUT2D eigenvalue weighted by Crippen LogP contribution is 2.28. The van der Waals surface area contributed by atoms with Gasteiger partial charge in [-0.25, -0.2) is 4.99 Å². The number of guanidine groups is 1. The van der Waals surface area contributed by atoms with Crippen LogP contribution in [0.4, 0.5) is 5.69 Å². The van der Waals surface area contributed by atoms with Crippen molar-refractivity contribution in [3.8, 4) is 0 Å². The first-order valence-corrected chi connectivity index (χ1v) is 8.31. The summed E-state index contributed by atoms with van der Waals surface area (Å²) in [5, 5.41) is 14.2. The molecule has 0 bridgehead atoms. The molecule has 0 spiro atoms. The Labute approximate surface area is 148 Å². The van der Waals surface area contributed by atoms with E-state index in [-0.39, 0.29) is 12.5 Å². The Morgan fingerprint density at radius 1 is 1.25 bits per heavy atom. The van der Waals surface area contributed by atoms with Gasteiger partial charge in [0.1, 0.15) is 5.60 Å². The van der Waals surface area contributed by atoms with E-state index in [1.165, 1.54) is 5.56 Å². The van der Waals surface area contributed by atoms with Gasteiger partial charge in [0.25, 0.3) is 0 Å². The first-order valence-electron chi connectivity index (χ1n) is 7.94. The Balaban J connectivity index is 2.09. The topological polar surface area (TPSA) is 70.6 Å². The molecule has 0 radical (unpaired) electrons. The van der Waals surface area contributed by atoms with E-state index in [1.54, 1.807) is 19.1 Å². The van der Waals surface area contributed by atoms with Gasteiger partial charge in [-0.2, -0.15) is 0 Å². The first-order chi connectivity index (χ1) is 11.3. The summed E-state index contributed by atoms with van der Waals surface area (Å²) in [7, 11) is 0. The Morgan fingerprint density at radius 2 is 1.96 bits per heavy atom. The predicted molar refractivity (Wildman–Crippen MR) is 102 cm³/mol. The van der Waals surface area contributed by atoms with Crippen LogP contribution in [-0.4, -0.2) is 17.6 Å². The van der Waals surface area contributed by atoms with E-state index in [0.717, 1.165) is 5.69 Å². The van der Waals surface area contributed by atoms with E-state index in [9.17, 15) is 5.11 Å². The molecule has 24 heavy (non-hydrogen) atoms. The van der Waals surface area contributed by atoms with Gasteiger partial charge in [-0.3, -0.25) is 0 Å². The number of aliphatic hydroxyl groups is 1. The molecule has 5 heteroatoms. The number of halogens is 1. The molecule has 2 rings (SSSR count). The lowest BCUT2D eigenvalue weighted by atomic mass is 9.96. The molecule has 0 fully saturated rings. The van der Waals surface area contributed by atoms with Crippen molar-refractivity contribution >= 4 is 23.2 Å². The summed E-state index contributed by atoms with van der Waals surface area (Å²) in [4.78, 5) is 4.26. The highest BCUT2D eigenvalue weighted by molar-refractivity contribution is 6.31. The molecule has 0 saturated carbocycles. The van der Waals surface area contributed by atoms with Crippen LogP contribution in [0.2, 0.25) is 5.02 Å². The lowest BCUT2D eigenvalue weighted by molar-refractivity contribution is 0.0675. The molecular formula is C19H24ClN3O. The maximum atomic E-state index is 10.6. The maximum absolute atomic E-state index is 10.6. The summed E-state index contributed by atoms with van der Waals surface area (Å²) in [6.45, 7) is 6.05. The second kappa shape index (κ2) is 7.69. The van der Waals surface area contributed by atoms with Crippen molar-refractivity contribution in [3.63, 3.8) is 0 Å². The van der Waals surface area contributed by atoms with Crippen molar-refractivity contribution in [1.82, 2.24) is 0 Å². The Bertz CT molecular complexity index is 726. The SMILES string of the molecule is CC(C)c1cccc(NC(N)=NCC(C)(O)c2ccccc2Cl)c1. The lowest BCUT2D eigenvalue weighted by Gasteiger charge is -2.23. The van der Waals surface area contributed by atoms with Gasteiger partial charge in [-0.1, -0.05) is 55.8 Å². The van der Waals surface area contributed by atoms with Gasteiger partial charge in [0.15, 0.2) is 5.96 Å². The fraction of sp³-hybridized carbons (Fsp3) is 0.316. The van der Waals surface area contributed by atoms with Gasteiger partial charge in [-0.15, -0.1) is 0 Å². The zero-order valence-corrected chi connectivity index (χ0v) is 15.0. The third-order valence-electron chi connectivity index (χ3n) is 3.84. The minimum atomic E-state index is -1.19. The van der Waals surface area contributed by atoms with Gasteiger partial charge in [-0.05, 0) is 36.6 Å². The fourth-order valence-corrected chi connectivity index (χ4v) is 2.72. The zero-order chi connectivity index (χ0) is 17.7. The zero-order valence-electron chi connectivity index (χ0n) is 14.3. The largest absolute Gasteiger partial charge is 0.383 e. The molecule has 4 nitrogen and oxygen atoms in total. The molecule has 0 aromatic heterocycles. The average molecular weight is 346 g/mol. The standard InChI is InChI=1S/C19H24ClN3O/c1-13(2)14-7-6-8-15(11-14)23-18(21)22-12-19(3,24)16-9-4-5-10-17(16)20/h4-11,13,24H,12H2,1-3H3,(H3,21,22,23). The molecule has 1 atom stereocenters. The van der Waals surface area contributed by atoms with Crippen LogP contribution >= 0.6 is 11.6 Å². The normalized spacial score (nSPS) is 14.5. The highest BCUT2D eigenvalue weighted by Gasteiger charge is 2.25. The van der Waals surface area contributed by atoms with Gasteiger partial charge in [0.2, 0.25) is 0 Å². The van der Waals surface area contributed by atoms with Crippen molar-refractivity contribution < 1.29 is 5.11 Å². The predicted octanol–water partition coefficient (Wildman–Crippen LogP) is 4.10. The summed E-state index contributed by atoms with van der Waals surface area (Å²) in [5.74, 6) is 0.689. The molecular weight excluding hydrogens is 322 g/mol. The second-order valence-electron chi connectivity index (χ2n) is 6.36. The smallest absolute Gasteiger partial charge is 0.193 e. The number of hydrogen-bond acceptors (Lipinski definition) is 2. The van der Waals surface area contributed by atoms with Crippen LogP contribution in [0.15, 0.2) is 53.5 Å². The number of anilines is 1. The number of aliphatic imine (C=N–C) groups is 1. The number of rotatable bonds is 5. The van der Waals surface area contributed by atoms with Crippen molar-refractivity contribution in [2.75, 3.05) is 11.9 Å². The minimum absolute atomic E-state index is 0.111. The molecule has 0 saturated heterocycles. The molecule has 2 aromatic carbocycles. The molecule has 0 aliphatic rings. The number of hydrogen-bond donors (Lipinski definition) is 3. The average Bonchev–Trinajstić information content (AvgIpc) is 2.53. The number of nitrogens with one attached hydrogen (secondary N) is 1. The van der Waals surface area contributed by atoms with Gasteiger partial charge in [0, 0.05) is 16.3 Å². The van der Waals surface area contributed by atoms with E-state index < -0.39 is 5.60 Å². The first kappa shape index (κ1) is 18.3. The minimum Gasteiger partial charge on any atom is -0.383 e. The quantitative estimate of drug-likeness (QED) is 0.564. The van der Waals surface area contributed by atoms with Crippen LogP contribution in [0.5, 0.6) is 0 Å². The third-order valence-corrected chi connectivity index (χ3v) is 4.17. The Kier molecular flexibility index (Phi) is 5.86. The third kappa shape index (κ3) is 4.73. The number of nitrogens with two attached hydrogens (primary N) is 1. The summed E-state index contributed by atoms with van der Waals surface area (Å²) < 4.78 is 0. The fourth-order valence-electron chi connectivity index (χ4n) is 2.39. The summed E-state index contributed by atoms with van der Waals surface area (Å²) in [5.41, 5.74) is 7.48. The highest BCUT2D eigenvalue weighted by atomic mass is 35.5. The molecule has 0 heterocycles. The summed E-state index contributed by atoms with van der Waals surface area (Å²) >= 11 is 6.15. The molecule has 0 amide bonds. The van der Waals surface area contributed by atoms with Gasteiger partial charge in [0.05, 0.1) is 6.54 Å².